The minimum absolute atomic E-state index is 0.0734. The molecule has 0 unspecified atom stereocenters. The van der Waals surface area contributed by atoms with Crippen LogP contribution in [0.15, 0.2) is 60.7 Å². The van der Waals surface area contributed by atoms with E-state index in [1.807, 2.05) is 26.0 Å². The molecule has 0 bridgehead atoms. The molecule has 2 aromatic carbocycles. The van der Waals surface area contributed by atoms with Crippen molar-refractivity contribution < 1.29 is 19.1 Å². The van der Waals surface area contributed by atoms with Crippen LogP contribution in [0.2, 0.25) is 0 Å². The number of benzene rings is 2. The van der Waals surface area contributed by atoms with Gasteiger partial charge in [-0.25, -0.2) is 0 Å². The van der Waals surface area contributed by atoms with Crippen LogP contribution in [0.25, 0.3) is 0 Å². The number of carbonyl (C=O) groups is 3. The van der Waals surface area contributed by atoms with E-state index in [1.165, 1.54) is 4.68 Å². The zero-order chi connectivity index (χ0) is 20.8. The predicted molar refractivity (Wildman–Crippen MR) is 108 cm³/mol. The lowest BCUT2D eigenvalue weighted by Crippen LogP contribution is -2.24. The van der Waals surface area contributed by atoms with Crippen LogP contribution in [0.5, 0.6) is 0 Å². The van der Waals surface area contributed by atoms with Gasteiger partial charge in [0.25, 0.3) is 5.91 Å². The zero-order valence-corrected chi connectivity index (χ0v) is 16.2. The summed E-state index contributed by atoms with van der Waals surface area (Å²) in [5, 5.41) is 6.82. The molecular weight excluding hydrogens is 370 g/mol. The van der Waals surface area contributed by atoms with Crippen LogP contribution in [0.4, 0.5) is 5.69 Å². The maximum absolute atomic E-state index is 12.7. The molecule has 1 amide bonds. The summed E-state index contributed by atoms with van der Waals surface area (Å²) in [6.07, 6.45) is 0. The molecule has 0 spiro atoms. The van der Waals surface area contributed by atoms with Crippen LogP contribution in [-0.2, 0) is 20.9 Å². The van der Waals surface area contributed by atoms with Gasteiger partial charge in [-0.3, -0.25) is 19.1 Å². The van der Waals surface area contributed by atoms with Crippen molar-refractivity contribution in [3.8, 4) is 0 Å². The van der Waals surface area contributed by atoms with Gasteiger partial charge in [-0.15, -0.1) is 0 Å². The molecule has 3 aromatic rings. The summed E-state index contributed by atoms with van der Waals surface area (Å²) in [5.41, 5.74) is 2.87. The Balaban J connectivity index is 1.60. The number of anilines is 1. The third-order valence-corrected chi connectivity index (χ3v) is 4.23. The SMILES string of the molecule is Cc1cc(C)n(CC(=O)OCC(=O)Nc2ccccc2C(=O)c2ccccc2)n1. The summed E-state index contributed by atoms with van der Waals surface area (Å²) in [5.74, 6) is -1.30. The Bertz CT molecular complexity index is 1040. The van der Waals surface area contributed by atoms with Crippen molar-refractivity contribution in [3.05, 3.63) is 83.2 Å². The lowest BCUT2D eigenvalue weighted by atomic mass is 10.0. The van der Waals surface area contributed by atoms with Crippen molar-refractivity contribution in [3.63, 3.8) is 0 Å². The fraction of sp³-hybridized carbons (Fsp3) is 0.182. The lowest BCUT2D eigenvalue weighted by Gasteiger charge is -2.11. The summed E-state index contributed by atoms with van der Waals surface area (Å²) >= 11 is 0. The quantitative estimate of drug-likeness (QED) is 0.494. The topological polar surface area (TPSA) is 90.3 Å². The largest absolute Gasteiger partial charge is 0.454 e. The highest BCUT2D eigenvalue weighted by atomic mass is 16.5. The van der Waals surface area contributed by atoms with Gasteiger partial charge in [0.1, 0.15) is 6.54 Å². The van der Waals surface area contributed by atoms with Crippen molar-refractivity contribution in [2.45, 2.75) is 20.4 Å². The van der Waals surface area contributed by atoms with Crippen LogP contribution in [-0.4, -0.2) is 34.0 Å². The molecule has 7 nitrogen and oxygen atoms in total. The van der Waals surface area contributed by atoms with E-state index in [0.717, 1.165) is 11.4 Å². The molecule has 1 N–H and O–H groups in total. The van der Waals surface area contributed by atoms with E-state index < -0.39 is 18.5 Å². The van der Waals surface area contributed by atoms with E-state index in [4.69, 9.17) is 4.74 Å². The summed E-state index contributed by atoms with van der Waals surface area (Å²) in [7, 11) is 0. The van der Waals surface area contributed by atoms with E-state index in [9.17, 15) is 14.4 Å². The molecule has 0 aliphatic heterocycles. The number of ether oxygens (including phenoxy) is 1. The lowest BCUT2D eigenvalue weighted by molar-refractivity contribution is -0.148. The summed E-state index contributed by atoms with van der Waals surface area (Å²) in [4.78, 5) is 36.9. The van der Waals surface area contributed by atoms with Crippen molar-refractivity contribution in [1.82, 2.24) is 9.78 Å². The molecule has 0 saturated carbocycles. The van der Waals surface area contributed by atoms with Crippen molar-refractivity contribution in [2.24, 2.45) is 0 Å². The Morgan fingerprint density at radius 3 is 2.38 bits per heavy atom. The molecule has 0 aliphatic rings. The molecule has 0 fully saturated rings. The number of amides is 1. The number of ketones is 1. The van der Waals surface area contributed by atoms with E-state index in [2.05, 4.69) is 10.4 Å². The number of nitrogens with zero attached hydrogens (tertiary/aromatic N) is 2. The van der Waals surface area contributed by atoms with Gasteiger partial charge in [0.15, 0.2) is 12.4 Å². The van der Waals surface area contributed by atoms with Gasteiger partial charge in [-0.2, -0.15) is 5.10 Å². The smallest absolute Gasteiger partial charge is 0.328 e. The van der Waals surface area contributed by atoms with Gasteiger partial charge in [-0.05, 0) is 32.0 Å². The van der Waals surface area contributed by atoms with Gasteiger partial charge >= 0.3 is 5.97 Å². The van der Waals surface area contributed by atoms with Crippen LogP contribution < -0.4 is 5.32 Å². The maximum atomic E-state index is 12.7. The first-order valence-electron chi connectivity index (χ1n) is 9.09. The van der Waals surface area contributed by atoms with Crippen LogP contribution in [0.3, 0.4) is 0 Å². The molecule has 0 radical (unpaired) electrons. The number of nitrogens with one attached hydrogen (secondary N) is 1. The second-order valence-corrected chi connectivity index (χ2v) is 6.53. The number of hydrogen-bond acceptors (Lipinski definition) is 5. The van der Waals surface area contributed by atoms with Crippen molar-refractivity contribution in [1.29, 1.82) is 0 Å². The number of para-hydroxylation sites is 1. The average Bonchev–Trinajstić information content (AvgIpc) is 3.03. The molecular formula is C22H21N3O4. The van der Waals surface area contributed by atoms with Gasteiger partial charge in [-0.1, -0.05) is 42.5 Å². The van der Waals surface area contributed by atoms with Crippen LogP contribution >= 0.6 is 0 Å². The highest BCUT2D eigenvalue weighted by Crippen LogP contribution is 2.19. The average molecular weight is 391 g/mol. The Morgan fingerprint density at radius 1 is 1.00 bits per heavy atom. The normalized spacial score (nSPS) is 10.4. The third kappa shape index (κ3) is 5.16. The Labute approximate surface area is 168 Å². The summed E-state index contributed by atoms with van der Waals surface area (Å²) in [6.45, 7) is 3.14. The van der Waals surface area contributed by atoms with Gasteiger partial charge in [0.2, 0.25) is 0 Å². The van der Waals surface area contributed by atoms with E-state index in [0.29, 0.717) is 16.8 Å². The number of rotatable bonds is 7. The molecule has 0 atom stereocenters. The molecule has 0 saturated heterocycles. The molecule has 1 aromatic heterocycles. The number of aryl methyl sites for hydroxylation is 2. The van der Waals surface area contributed by atoms with E-state index >= 15 is 0 Å². The number of aromatic nitrogens is 2. The highest BCUT2D eigenvalue weighted by Gasteiger charge is 2.16. The summed E-state index contributed by atoms with van der Waals surface area (Å²) in [6, 6.07) is 17.3. The zero-order valence-electron chi connectivity index (χ0n) is 16.2. The first-order valence-corrected chi connectivity index (χ1v) is 9.09. The highest BCUT2D eigenvalue weighted by molar-refractivity contribution is 6.13. The second-order valence-electron chi connectivity index (χ2n) is 6.53. The summed E-state index contributed by atoms with van der Waals surface area (Å²) < 4.78 is 6.55. The minimum atomic E-state index is -0.569. The molecule has 1 heterocycles. The third-order valence-electron chi connectivity index (χ3n) is 4.23. The van der Waals surface area contributed by atoms with Gasteiger partial charge in [0.05, 0.1) is 11.4 Å². The van der Waals surface area contributed by atoms with Crippen molar-refractivity contribution >= 4 is 23.3 Å². The van der Waals surface area contributed by atoms with Gasteiger partial charge < -0.3 is 10.1 Å². The predicted octanol–water partition coefficient (Wildman–Crippen LogP) is 2.91. The number of hydrogen-bond donors (Lipinski definition) is 1. The van der Waals surface area contributed by atoms with E-state index in [1.54, 1.807) is 48.5 Å². The first kappa shape index (κ1) is 20.0. The van der Waals surface area contributed by atoms with Crippen LogP contribution in [0, 0.1) is 13.8 Å². The molecule has 3 rings (SSSR count). The maximum Gasteiger partial charge on any atom is 0.328 e. The number of carbonyl (C=O) groups excluding carboxylic acids is 3. The first-order chi connectivity index (χ1) is 13.9. The minimum Gasteiger partial charge on any atom is -0.454 e. The monoisotopic (exact) mass is 391 g/mol. The molecule has 7 heteroatoms. The fourth-order valence-electron chi connectivity index (χ4n) is 2.87. The fourth-order valence-corrected chi connectivity index (χ4v) is 2.87. The Morgan fingerprint density at radius 2 is 1.69 bits per heavy atom. The Kier molecular flexibility index (Phi) is 6.19. The van der Waals surface area contributed by atoms with E-state index in [-0.39, 0.29) is 12.3 Å². The van der Waals surface area contributed by atoms with Crippen LogP contribution in [0.1, 0.15) is 27.3 Å². The Hall–Kier alpha value is -3.74. The molecule has 148 valence electrons. The van der Waals surface area contributed by atoms with Crippen molar-refractivity contribution in [2.75, 3.05) is 11.9 Å². The van der Waals surface area contributed by atoms with Gasteiger partial charge in [0, 0.05) is 16.8 Å². The standard InChI is InChI=1S/C22H21N3O4/c1-15-12-16(2)25(24-15)13-21(27)29-14-20(26)23-19-11-7-6-10-18(19)22(28)17-8-4-3-5-9-17/h3-12H,13-14H2,1-2H3,(H,23,26). The molecule has 0 aliphatic carbocycles. The molecule has 29 heavy (non-hydrogen) atoms. The second kappa shape index (κ2) is 8.97. The number of esters is 1.